The summed E-state index contributed by atoms with van der Waals surface area (Å²) in [7, 11) is 0. The lowest BCUT2D eigenvalue weighted by molar-refractivity contribution is 0.0589. The molecule has 2 aliphatic rings. The highest BCUT2D eigenvalue weighted by Crippen LogP contribution is 2.24. The molecule has 32 heavy (non-hydrogen) atoms. The Morgan fingerprint density at radius 3 is 2.44 bits per heavy atom. The first kappa shape index (κ1) is 22.7. The van der Waals surface area contributed by atoms with Gasteiger partial charge in [-0.3, -0.25) is 19.6 Å². The van der Waals surface area contributed by atoms with Crippen LogP contribution in [-0.2, 0) is 0 Å². The molecule has 4 rings (SSSR count). The zero-order valence-corrected chi connectivity index (χ0v) is 19.6. The van der Waals surface area contributed by atoms with E-state index in [0.29, 0.717) is 11.7 Å². The second-order valence-corrected chi connectivity index (χ2v) is 9.84. The smallest absolute Gasteiger partial charge is 0.274 e. The number of aromatic nitrogens is 2. The highest BCUT2D eigenvalue weighted by atomic mass is 16.1. The Kier molecular flexibility index (Phi) is 7.06. The predicted octanol–water partition coefficient (Wildman–Crippen LogP) is 3.50. The van der Waals surface area contributed by atoms with E-state index in [1.807, 2.05) is 12.1 Å². The fraction of sp³-hybridized carbons (Fsp3) is 0.560. The molecule has 0 radical (unpaired) electrons. The van der Waals surface area contributed by atoms with Crippen molar-refractivity contribution in [3.05, 3.63) is 48.4 Å². The number of likely N-dealkylation sites (tertiary alicyclic amines) is 1. The van der Waals surface area contributed by atoms with Crippen molar-refractivity contribution in [3.63, 3.8) is 0 Å². The Balaban J connectivity index is 1.34. The molecular weight excluding hydrogens is 400 g/mol. The van der Waals surface area contributed by atoms with Crippen LogP contribution in [0.25, 0.3) is 0 Å². The van der Waals surface area contributed by atoms with Gasteiger partial charge in [-0.15, -0.1) is 0 Å². The Morgan fingerprint density at radius 1 is 0.969 bits per heavy atom. The van der Waals surface area contributed by atoms with Crippen molar-refractivity contribution >= 4 is 17.4 Å². The van der Waals surface area contributed by atoms with Gasteiger partial charge in [0.2, 0.25) is 0 Å². The molecule has 0 atom stereocenters. The minimum absolute atomic E-state index is 0.194. The van der Waals surface area contributed by atoms with Crippen LogP contribution >= 0.6 is 0 Å². The van der Waals surface area contributed by atoms with Crippen LogP contribution in [0.1, 0.15) is 50.5 Å². The van der Waals surface area contributed by atoms with E-state index in [1.54, 1.807) is 30.6 Å². The number of hydrogen-bond donors (Lipinski definition) is 1. The van der Waals surface area contributed by atoms with E-state index in [4.69, 9.17) is 0 Å². The van der Waals surface area contributed by atoms with E-state index in [2.05, 4.69) is 50.8 Å². The third kappa shape index (κ3) is 5.64. The summed E-state index contributed by atoms with van der Waals surface area (Å²) in [6.45, 7) is 13.4. The maximum absolute atomic E-state index is 12.6. The largest absolute Gasteiger partial charge is 0.355 e. The number of anilines is 2. The molecular formula is C25H36N6O. The average molecular weight is 437 g/mol. The Bertz CT molecular complexity index is 889. The molecule has 0 saturated carbocycles. The van der Waals surface area contributed by atoms with Crippen molar-refractivity contribution in [2.24, 2.45) is 0 Å². The summed E-state index contributed by atoms with van der Waals surface area (Å²) in [5.74, 6) is 0.692. The van der Waals surface area contributed by atoms with Crippen molar-refractivity contribution in [1.29, 1.82) is 0 Å². The number of hydrogen-bond acceptors (Lipinski definition) is 6. The first-order valence-electron chi connectivity index (χ1n) is 11.8. The SMILES string of the molecule is CC(C)(C)N1CCC(N2CCCN(c3cccc(C(=O)Nc4ccncc4)n3)CC2)CC1. The third-order valence-electron chi connectivity index (χ3n) is 6.69. The molecule has 1 amide bonds. The molecule has 2 aliphatic heterocycles. The molecule has 7 nitrogen and oxygen atoms in total. The van der Waals surface area contributed by atoms with Crippen LogP contribution in [-0.4, -0.2) is 76.5 Å². The van der Waals surface area contributed by atoms with Crippen LogP contribution in [0.2, 0.25) is 0 Å². The molecule has 0 aromatic carbocycles. The standard InChI is InChI=1S/C25H36N6O/c1-25(2,3)31-16-10-21(11-17-31)29-14-5-15-30(19-18-29)23-7-4-6-22(28-23)24(32)27-20-8-12-26-13-9-20/h4,6-9,12-13,21H,5,10-11,14-19H2,1-3H3,(H,26,27,32). The summed E-state index contributed by atoms with van der Waals surface area (Å²) in [6, 6.07) is 9.94. The molecule has 0 bridgehead atoms. The van der Waals surface area contributed by atoms with Crippen molar-refractivity contribution in [2.75, 3.05) is 49.5 Å². The lowest BCUT2D eigenvalue weighted by atomic mass is 9.97. The number of carbonyl (C=O) groups is 1. The van der Waals surface area contributed by atoms with Crippen LogP contribution in [0.5, 0.6) is 0 Å². The summed E-state index contributed by atoms with van der Waals surface area (Å²) in [5, 5.41) is 2.89. The van der Waals surface area contributed by atoms with Gasteiger partial charge >= 0.3 is 0 Å². The van der Waals surface area contributed by atoms with Gasteiger partial charge in [-0.1, -0.05) is 6.07 Å². The van der Waals surface area contributed by atoms with Gasteiger partial charge in [0.1, 0.15) is 11.5 Å². The second-order valence-electron chi connectivity index (χ2n) is 9.84. The van der Waals surface area contributed by atoms with Crippen LogP contribution < -0.4 is 10.2 Å². The molecule has 7 heteroatoms. The number of pyridine rings is 2. The number of rotatable bonds is 4. The zero-order chi connectivity index (χ0) is 22.6. The fourth-order valence-corrected chi connectivity index (χ4v) is 4.79. The summed E-state index contributed by atoms with van der Waals surface area (Å²) in [5.41, 5.74) is 1.43. The van der Waals surface area contributed by atoms with E-state index >= 15 is 0 Å². The fourth-order valence-electron chi connectivity index (χ4n) is 4.79. The Hall–Kier alpha value is -2.51. The van der Waals surface area contributed by atoms with Gasteiger partial charge in [0.25, 0.3) is 5.91 Å². The van der Waals surface area contributed by atoms with E-state index in [-0.39, 0.29) is 11.4 Å². The first-order valence-corrected chi connectivity index (χ1v) is 11.8. The summed E-state index contributed by atoms with van der Waals surface area (Å²) in [4.78, 5) is 28.9. The average Bonchev–Trinajstić information content (AvgIpc) is 3.06. The van der Waals surface area contributed by atoms with Gasteiger partial charge in [0.15, 0.2) is 0 Å². The second kappa shape index (κ2) is 9.96. The summed E-state index contributed by atoms with van der Waals surface area (Å²) < 4.78 is 0. The lowest BCUT2D eigenvalue weighted by Crippen LogP contribution is -2.51. The minimum atomic E-state index is -0.194. The van der Waals surface area contributed by atoms with E-state index < -0.39 is 0 Å². The molecule has 172 valence electrons. The molecule has 2 aromatic heterocycles. The highest BCUT2D eigenvalue weighted by molar-refractivity contribution is 6.03. The van der Waals surface area contributed by atoms with Gasteiger partial charge in [-0.25, -0.2) is 4.98 Å². The molecule has 4 heterocycles. The van der Waals surface area contributed by atoms with E-state index in [0.717, 1.165) is 44.1 Å². The van der Waals surface area contributed by atoms with Gasteiger partial charge < -0.3 is 10.2 Å². The Morgan fingerprint density at radius 2 is 1.72 bits per heavy atom. The molecule has 1 N–H and O–H groups in total. The molecule has 2 aromatic rings. The van der Waals surface area contributed by atoms with Crippen molar-refractivity contribution < 1.29 is 4.79 Å². The lowest BCUT2D eigenvalue weighted by Gasteiger charge is -2.43. The third-order valence-corrected chi connectivity index (χ3v) is 6.69. The topological polar surface area (TPSA) is 64.6 Å². The molecule has 0 aliphatic carbocycles. The van der Waals surface area contributed by atoms with Crippen LogP contribution in [0.3, 0.4) is 0 Å². The Labute approximate surface area is 191 Å². The van der Waals surface area contributed by atoms with Gasteiger partial charge in [0, 0.05) is 68.9 Å². The summed E-state index contributed by atoms with van der Waals surface area (Å²) in [6.07, 6.45) is 6.94. The van der Waals surface area contributed by atoms with Gasteiger partial charge in [-0.05, 0) is 64.3 Å². The van der Waals surface area contributed by atoms with Crippen molar-refractivity contribution in [2.45, 2.75) is 51.6 Å². The molecule has 0 unspecified atom stereocenters. The molecule has 0 spiro atoms. The van der Waals surface area contributed by atoms with Crippen LogP contribution in [0.4, 0.5) is 11.5 Å². The monoisotopic (exact) mass is 436 g/mol. The number of amides is 1. The van der Waals surface area contributed by atoms with Crippen molar-refractivity contribution in [3.8, 4) is 0 Å². The maximum atomic E-state index is 12.6. The minimum Gasteiger partial charge on any atom is -0.355 e. The number of piperidine rings is 1. The molecule has 2 fully saturated rings. The van der Waals surface area contributed by atoms with Gasteiger partial charge in [-0.2, -0.15) is 0 Å². The zero-order valence-electron chi connectivity index (χ0n) is 19.6. The van der Waals surface area contributed by atoms with E-state index in [1.165, 1.54) is 25.9 Å². The predicted molar refractivity (Wildman–Crippen MR) is 129 cm³/mol. The van der Waals surface area contributed by atoms with Crippen LogP contribution in [0.15, 0.2) is 42.7 Å². The maximum Gasteiger partial charge on any atom is 0.274 e. The van der Waals surface area contributed by atoms with E-state index in [9.17, 15) is 4.79 Å². The highest BCUT2D eigenvalue weighted by Gasteiger charge is 2.30. The first-order chi connectivity index (χ1) is 15.4. The number of nitrogens with one attached hydrogen (secondary N) is 1. The number of nitrogens with zero attached hydrogens (tertiary/aromatic N) is 5. The van der Waals surface area contributed by atoms with Gasteiger partial charge in [0.05, 0.1) is 0 Å². The van der Waals surface area contributed by atoms with Crippen molar-refractivity contribution in [1.82, 2.24) is 19.8 Å². The van der Waals surface area contributed by atoms with Crippen LogP contribution in [0, 0.1) is 0 Å². The number of carbonyl (C=O) groups excluding carboxylic acids is 1. The summed E-state index contributed by atoms with van der Waals surface area (Å²) >= 11 is 0. The quantitative estimate of drug-likeness (QED) is 0.791. The normalized spacial score (nSPS) is 19.5. The molecule has 2 saturated heterocycles.